The molecule has 0 saturated carbocycles. The number of carboxylic acids is 1. The fourth-order valence-corrected chi connectivity index (χ4v) is 7.34. The molecule has 60 heavy (non-hydrogen) atoms. The van der Waals surface area contributed by atoms with Crippen molar-refractivity contribution in [3.05, 3.63) is 36.5 Å². The molecule has 0 rings (SSSR count). The molecule has 0 aliphatic rings. The molecule has 0 aromatic rings. The molecule has 0 radical (unpaired) electrons. The van der Waals surface area contributed by atoms with Gasteiger partial charge in [0.2, 0.25) is 0 Å². The van der Waals surface area contributed by atoms with E-state index in [2.05, 4.69) is 54.8 Å². The van der Waals surface area contributed by atoms with E-state index in [1.165, 1.54) is 122 Å². The summed E-state index contributed by atoms with van der Waals surface area (Å²) in [6.45, 7) is 2.79. The molecule has 3 atom stereocenters. The second-order valence-corrected chi connectivity index (χ2v) is 17.7. The maximum absolute atomic E-state index is 12.7. The Balaban J connectivity index is 4.30. The summed E-state index contributed by atoms with van der Waals surface area (Å²) in [4.78, 5) is 46.1. The van der Waals surface area contributed by atoms with Crippen molar-refractivity contribution < 1.29 is 47.5 Å². The second kappa shape index (κ2) is 43.4. The minimum Gasteiger partial charge on any atom is -0.480 e. The monoisotopic (exact) mass is 870 g/mol. The van der Waals surface area contributed by atoms with Gasteiger partial charge in [-0.05, 0) is 70.6 Å². The van der Waals surface area contributed by atoms with Crippen LogP contribution >= 0.6 is 7.82 Å². The van der Waals surface area contributed by atoms with Crippen molar-refractivity contribution >= 4 is 25.7 Å². The molecule has 1 unspecified atom stereocenters. The van der Waals surface area contributed by atoms with E-state index in [-0.39, 0.29) is 19.4 Å². The Morgan fingerprint density at radius 3 is 1.35 bits per heavy atom. The Labute approximate surface area is 365 Å². The summed E-state index contributed by atoms with van der Waals surface area (Å²) in [5.74, 6) is -2.38. The summed E-state index contributed by atoms with van der Waals surface area (Å²) >= 11 is 0. The van der Waals surface area contributed by atoms with Crippen LogP contribution in [0.1, 0.15) is 219 Å². The van der Waals surface area contributed by atoms with Crippen molar-refractivity contribution in [2.45, 2.75) is 231 Å². The highest BCUT2D eigenvalue weighted by molar-refractivity contribution is 7.47. The third kappa shape index (κ3) is 42.4. The van der Waals surface area contributed by atoms with Crippen LogP contribution in [0.2, 0.25) is 0 Å². The summed E-state index contributed by atoms with van der Waals surface area (Å²) in [7, 11) is -4.72. The van der Waals surface area contributed by atoms with E-state index in [9.17, 15) is 23.8 Å². The Hall–Kier alpha value is -2.30. The Kier molecular flexibility index (Phi) is 41.7. The predicted octanol–water partition coefficient (Wildman–Crippen LogP) is 13.2. The fourth-order valence-electron chi connectivity index (χ4n) is 6.56. The first-order valence-electron chi connectivity index (χ1n) is 24.0. The molecule has 0 aromatic heterocycles. The number of esters is 2. The number of unbranched alkanes of at least 4 members (excludes halogenated alkanes) is 25. The lowest BCUT2D eigenvalue weighted by molar-refractivity contribution is -0.161. The highest BCUT2D eigenvalue weighted by Crippen LogP contribution is 2.43. The Bertz CT molecular complexity index is 1160. The number of rotatable bonds is 45. The standard InChI is InChI=1S/C48H88NO10P/c1-3-5-7-9-11-13-15-17-19-21-22-24-25-27-29-31-33-35-37-39-46(50)56-41-44(42-57-60(54,55)58-43-45(49)48(52)53)59-47(51)40-38-36-34-32-30-28-26-23-20-18-16-14-12-10-8-6-4-2/h12,14,17-20,44-45H,3-11,13,15-16,21-43,49H2,1-2H3,(H,52,53)(H,54,55)/b14-12+,19-17+,20-18+/t44-,45+/m1/s1. The number of carbonyl (C=O) groups is 3. The van der Waals surface area contributed by atoms with Gasteiger partial charge in [-0.2, -0.15) is 0 Å². The van der Waals surface area contributed by atoms with Crippen LogP contribution in [-0.4, -0.2) is 59.9 Å². The van der Waals surface area contributed by atoms with E-state index in [1.807, 2.05) is 0 Å². The number of carbonyl (C=O) groups excluding carboxylic acids is 2. The van der Waals surface area contributed by atoms with E-state index in [0.29, 0.717) is 12.8 Å². The van der Waals surface area contributed by atoms with Crippen LogP contribution in [0, 0.1) is 0 Å². The highest BCUT2D eigenvalue weighted by atomic mass is 31.2. The highest BCUT2D eigenvalue weighted by Gasteiger charge is 2.28. The van der Waals surface area contributed by atoms with Crippen molar-refractivity contribution in [2.75, 3.05) is 19.8 Å². The lowest BCUT2D eigenvalue weighted by atomic mass is 10.1. The number of allylic oxidation sites excluding steroid dienone is 6. The van der Waals surface area contributed by atoms with Gasteiger partial charge in [0.15, 0.2) is 6.10 Å². The maximum atomic E-state index is 12.7. The zero-order valence-electron chi connectivity index (χ0n) is 38.1. The van der Waals surface area contributed by atoms with Gasteiger partial charge in [-0.25, -0.2) is 4.57 Å². The minimum atomic E-state index is -4.72. The molecular weight excluding hydrogens is 781 g/mol. The molecule has 0 heterocycles. The second-order valence-electron chi connectivity index (χ2n) is 16.2. The summed E-state index contributed by atoms with van der Waals surface area (Å²) < 4.78 is 32.8. The number of hydrogen-bond donors (Lipinski definition) is 3. The number of hydrogen-bond acceptors (Lipinski definition) is 9. The lowest BCUT2D eigenvalue weighted by Crippen LogP contribution is -2.34. The average molecular weight is 870 g/mol. The van der Waals surface area contributed by atoms with Gasteiger partial charge >= 0.3 is 25.7 Å². The average Bonchev–Trinajstić information content (AvgIpc) is 3.22. The lowest BCUT2D eigenvalue weighted by Gasteiger charge is -2.20. The minimum absolute atomic E-state index is 0.153. The fraction of sp³-hybridized carbons (Fsp3) is 0.812. The third-order valence-corrected chi connectivity index (χ3v) is 11.3. The van der Waals surface area contributed by atoms with Gasteiger partial charge in [0.05, 0.1) is 13.2 Å². The number of nitrogens with two attached hydrogens (primary N) is 1. The largest absolute Gasteiger partial charge is 0.480 e. The van der Waals surface area contributed by atoms with E-state index < -0.39 is 51.1 Å². The van der Waals surface area contributed by atoms with Crippen LogP contribution in [-0.2, 0) is 37.5 Å². The van der Waals surface area contributed by atoms with Gasteiger partial charge in [0.1, 0.15) is 12.6 Å². The molecule has 0 fully saturated rings. The van der Waals surface area contributed by atoms with Crippen molar-refractivity contribution in [3.63, 3.8) is 0 Å². The van der Waals surface area contributed by atoms with Crippen molar-refractivity contribution in [2.24, 2.45) is 5.73 Å². The molecule has 0 aliphatic carbocycles. The quantitative estimate of drug-likeness (QED) is 0.0230. The van der Waals surface area contributed by atoms with Crippen LogP contribution in [0.5, 0.6) is 0 Å². The Morgan fingerprint density at radius 2 is 0.883 bits per heavy atom. The van der Waals surface area contributed by atoms with Gasteiger partial charge in [-0.1, -0.05) is 172 Å². The molecule has 0 spiro atoms. The molecule has 12 heteroatoms. The third-order valence-electron chi connectivity index (χ3n) is 10.4. The molecule has 0 aliphatic heterocycles. The van der Waals surface area contributed by atoms with Crippen molar-refractivity contribution in [1.82, 2.24) is 0 Å². The van der Waals surface area contributed by atoms with Crippen LogP contribution in [0.3, 0.4) is 0 Å². The van der Waals surface area contributed by atoms with Gasteiger partial charge in [-0.3, -0.25) is 23.4 Å². The Morgan fingerprint density at radius 1 is 0.517 bits per heavy atom. The van der Waals surface area contributed by atoms with Crippen LogP contribution < -0.4 is 5.73 Å². The van der Waals surface area contributed by atoms with Gasteiger partial charge < -0.3 is 25.2 Å². The van der Waals surface area contributed by atoms with Crippen LogP contribution in [0.25, 0.3) is 0 Å². The molecular formula is C48H88NO10P. The van der Waals surface area contributed by atoms with E-state index in [4.69, 9.17) is 24.8 Å². The number of phosphoric acid groups is 1. The zero-order chi connectivity index (χ0) is 44.2. The predicted molar refractivity (Wildman–Crippen MR) is 245 cm³/mol. The summed E-state index contributed by atoms with van der Waals surface area (Å²) in [5.41, 5.74) is 5.34. The SMILES string of the molecule is CCCCC/C=C/C/C=C/CCCCCCCCCC(=O)O[C@H](COC(=O)CCCCCCCCCCC/C=C/CCCCCCCC)COP(=O)(O)OC[C@H](N)C(=O)O. The van der Waals surface area contributed by atoms with Crippen LogP contribution in [0.4, 0.5) is 0 Å². The van der Waals surface area contributed by atoms with Crippen molar-refractivity contribution in [3.8, 4) is 0 Å². The summed E-state index contributed by atoms with van der Waals surface area (Å²) in [6, 6.07) is -1.52. The first-order valence-corrected chi connectivity index (χ1v) is 25.5. The number of ether oxygens (including phenoxy) is 2. The number of carboxylic acid groups (broad SMARTS) is 1. The van der Waals surface area contributed by atoms with Crippen LogP contribution in [0.15, 0.2) is 36.5 Å². The molecule has 350 valence electrons. The number of phosphoric ester groups is 1. The first-order chi connectivity index (χ1) is 29.1. The number of aliphatic carboxylic acids is 1. The van der Waals surface area contributed by atoms with Gasteiger partial charge in [-0.15, -0.1) is 0 Å². The van der Waals surface area contributed by atoms with Gasteiger partial charge in [0, 0.05) is 12.8 Å². The molecule has 0 amide bonds. The normalized spacial score (nSPS) is 13.9. The first kappa shape index (κ1) is 57.7. The summed E-state index contributed by atoms with van der Waals surface area (Å²) in [6.07, 6.45) is 47.7. The smallest absolute Gasteiger partial charge is 0.472 e. The zero-order valence-corrected chi connectivity index (χ0v) is 38.9. The van der Waals surface area contributed by atoms with Crippen molar-refractivity contribution in [1.29, 1.82) is 0 Å². The van der Waals surface area contributed by atoms with Gasteiger partial charge in [0.25, 0.3) is 0 Å². The van der Waals surface area contributed by atoms with E-state index >= 15 is 0 Å². The van der Waals surface area contributed by atoms with E-state index in [0.717, 1.165) is 57.8 Å². The molecule has 0 bridgehead atoms. The molecule has 0 saturated heterocycles. The molecule has 11 nitrogen and oxygen atoms in total. The molecule has 4 N–H and O–H groups in total. The van der Waals surface area contributed by atoms with E-state index in [1.54, 1.807) is 0 Å². The summed E-state index contributed by atoms with van der Waals surface area (Å²) in [5, 5.41) is 8.91. The topological polar surface area (TPSA) is 172 Å². The maximum Gasteiger partial charge on any atom is 0.472 e. The molecule has 0 aromatic carbocycles.